The maximum Gasteiger partial charge on any atom is 0.309 e. The molecular weight excluding hydrogens is 384 g/mol. The molecule has 0 aliphatic carbocycles. The van der Waals surface area contributed by atoms with E-state index in [1.807, 2.05) is 38.1 Å². The van der Waals surface area contributed by atoms with Gasteiger partial charge in [0.25, 0.3) is 0 Å². The predicted molar refractivity (Wildman–Crippen MR) is 120 cm³/mol. The Morgan fingerprint density at radius 1 is 1.17 bits per heavy atom. The summed E-state index contributed by atoms with van der Waals surface area (Å²) in [6, 6.07) is 7.66. The molecule has 0 spiro atoms. The predicted octanol–water partition coefficient (Wildman–Crippen LogP) is 5.50. The van der Waals surface area contributed by atoms with Crippen LogP contribution in [0.1, 0.15) is 46.6 Å². The molecule has 1 rings (SSSR count). The van der Waals surface area contributed by atoms with E-state index in [9.17, 15) is 4.79 Å². The molecule has 5 nitrogen and oxygen atoms in total. The van der Waals surface area contributed by atoms with Crippen LogP contribution in [0.3, 0.4) is 0 Å². The number of ether oxygens (including phenoxy) is 3. The summed E-state index contributed by atoms with van der Waals surface area (Å²) in [5.74, 6) is 0.495. The average molecular weight is 423 g/mol. The van der Waals surface area contributed by atoms with Crippen molar-refractivity contribution in [3.63, 3.8) is 0 Å². The van der Waals surface area contributed by atoms with Crippen LogP contribution in [0.5, 0.6) is 5.75 Å². The summed E-state index contributed by atoms with van der Waals surface area (Å²) in [4.78, 5) is 12.4. The second-order valence-electron chi connectivity index (χ2n) is 8.95. The summed E-state index contributed by atoms with van der Waals surface area (Å²) in [5, 5.41) is 0.0959. The van der Waals surface area contributed by atoms with Crippen LogP contribution in [0.25, 0.3) is 0 Å². The first kappa shape index (κ1) is 25.4. The van der Waals surface area contributed by atoms with Gasteiger partial charge >= 0.3 is 5.97 Å². The highest BCUT2D eigenvalue weighted by Gasteiger charge is 2.38. The summed E-state index contributed by atoms with van der Waals surface area (Å²) in [5.41, 5.74) is 1.02. The van der Waals surface area contributed by atoms with E-state index in [1.54, 1.807) is 13.2 Å². The van der Waals surface area contributed by atoms with Crippen molar-refractivity contribution in [2.45, 2.75) is 84.1 Å². The number of rotatable bonds is 11. The Labute approximate surface area is 177 Å². The van der Waals surface area contributed by atoms with Crippen molar-refractivity contribution < 1.29 is 23.4 Å². The number of hydrogen-bond donors (Lipinski definition) is 0. The molecule has 0 amide bonds. The molecule has 0 unspecified atom stereocenters. The van der Waals surface area contributed by atoms with Crippen LogP contribution in [-0.2, 0) is 25.3 Å². The fourth-order valence-electron chi connectivity index (χ4n) is 2.54. The van der Waals surface area contributed by atoms with Crippen LogP contribution in [0.4, 0.5) is 0 Å². The molecule has 1 aromatic carbocycles. The molecule has 0 aliphatic heterocycles. The van der Waals surface area contributed by atoms with E-state index in [-0.39, 0.29) is 29.6 Å². The van der Waals surface area contributed by atoms with Gasteiger partial charge in [0.05, 0.1) is 32.3 Å². The summed E-state index contributed by atoms with van der Waals surface area (Å²) in [7, 11) is -0.290. The highest BCUT2D eigenvalue weighted by molar-refractivity contribution is 6.74. The molecule has 0 aliphatic rings. The van der Waals surface area contributed by atoms with Crippen molar-refractivity contribution in [3.05, 3.63) is 42.5 Å². The van der Waals surface area contributed by atoms with Gasteiger partial charge in [-0.1, -0.05) is 39.5 Å². The van der Waals surface area contributed by atoms with Crippen molar-refractivity contribution in [1.82, 2.24) is 0 Å². The Hall–Kier alpha value is -1.63. The Morgan fingerprint density at radius 3 is 2.24 bits per heavy atom. The SMILES string of the molecule is C=C[C@@H](OC(=O)C[C@@H](C)O[Si](C)(C)C(C)(C)C)[C@H](C)OCc1ccc(OC)cc1. The zero-order chi connectivity index (χ0) is 22.2. The van der Waals surface area contributed by atoms with E-state index in [0.29, 0.717) is 6.61 Å². The van der Waals surface area contributed by atoms with E-state index in [0.717, 1.165) is 11.3 Å². The maximum absolute atomic E-state index is 12.4. The van der Waals surface area contributed by atoms with Gasteiger partial charge in [-0.3, -0.25) is 4.79 Å². The lowest BCUT2D eigenvalue weighted by molar-refractivity contribution is -0.155. The topological polar surface area (TPSA) is 54.0 Å². The first-order valence-electron chi connectivity index (χ1n) is 10.1. The fraction of sp³-hybridized carbons (Fsp3) is 0.609. The Bertz CT molecular complexity index is 648. The molecule has 0 heterocycles. The second-order valence-corrected chi connectivity index (χ2v) is 13.7. The highest BCUT2D eigenvalue weighted by Crippen LogP contribution is 2.37. The standard InChI is InChI=1S/C23H38O5Si/c1-10-21(18(3)26-16-19-11-13-20(25-7)14-12-19)27-22(24)15-17(2)28-29(8,9)23(4,5)6/h10-14,17-18,21H,1,15-16H2,2-9H3/t17-,18+,21-/m1/s1. The molecule has 29 heavy (non-hydrogen) atoms. The summed E-state index contributed by atoms with van der Waals surface area (Å²) >= 11 is 0. The van der Waals surface area contributed by atoms with Crippen LogP contribution in [-0.4, -0.2) is 39.7 Å². The summed E-state index contributed by atoms with van der Waals surface area (Å²) < 4.78 is 22.9. The van der Waals surface area contributed by atoms with Crippen LogP contribution < -0.4 is 4.74 Å². The van der Waals surface area contributed by atoms with Gasteiger partial charge < -0.3 is 18.6 Å². The normalized spacial score (nSPS) is 15.3. The third-order valence-electron chi connectivity index (χ3n) is 5.39. The van der Waals surface area contributed by atoms with Crippen LogP contribution >= 0.6 is 0 Å². The Balaban J connectivity index is 2.53. The molecule has 0 radical (unpaired) electrons. The average Bonchev–Trinajstić information content (AvgIpc) is 2.63. The van der Waals surface area contributed by atoms with Crippen LogP contribution in [0.2, 0.25) is 18.1 Å². The van der Waals surface area contributed by atoms with Gasteiger partial charge in [-0.2, -0.15) is 0 Å². The van der Waals surface area contributed by atoms with Gasteiger partial charge in [0, 0.05) is 0 Å². The van der Waals surface area contributed by atoms with Gasteiger partial charge in [-0.25, -0.2) is 0 Å². The van der Waals surface area contributed by atoms with E-state index in [1.165, 1.54) is 0 Å². The summed E-state index contributed by atoms with van der Waals surface area (Å²) in [6.07, 6.45) is 0.804. The molecule has 3 atom stereocenters. The quantitative estimate of drug-likeness (QED) is 0.268. The van der Waals surface area contributed by atoms with Crippen molar-refractivity contribution in [3.8, 4) is 5.75 Å². The molecule has 6 heteroatoms. The third kappa shape index (κ3) is 8.32. The third-order valence-corrected chi connectivity index (χ3v) is 9.99. The van der Waals surface area contributed by atoms with Crippen LogP contribution in [0.15, 0.2) is 36.9 Å². The minimum Gasteiger partial charge on any atom is -0.497 e. The second kappa shape index (κ2) is 10.9. The fourth-order valence-corrected chi connectivity index (χ4v) is 3.98. The Kier molecular flexibility index (Phi) is 9.59. The van der Waals surface area contributed by atoms with E-state index in [4.69, 9.17) is 18.6 Å². The number of carbonyl (C=O) groups is 1. The minimum atomic E-state index is -1.92. The van der Waals surface area contributed by atoms with Crippen molar-refractivity contribution >= 4 is 14.3 Å². The monoisotopic (exact) mass is 422 g/mol. The van der Waals surface area contributed by atoms with Gasteiger partial charge in [0.2, 0.25) is 0 Å². The molecule has 0 saturated carbocycles. The molecule has 0 bridgehead atoms. The lowest BCUT2D eigenvalue weighted by Gasteiger charge is -2.38. The molecule has 0 saturated heterocycles. The minimum absolute atomic E-state index is 0.0959. The number of methoxy groups -OCH3 is 1. The lowest BCUT2D eigenvalue weighted by Crippen LogP contribution is -2.44. The molecule has 0 aromatic heterocycles. The molecule has 0 N–H and O–H groups in total. The first-order valence-corrected chi connectivity index (χ1v) is 13.0. The maximum atomic E-state index is 12.4. The van der Waals surface area contributed by atoms with Gasteiger partial charge in [0.15, 0.2) is 8.32 Å². The van der Waals surface area contributed by atoms with Gasteiger partial charge in [-0.15, -0.1) is 0 Å². The zero-order valence-corrected chi connectivity index (χ0v) is 20.3. The first-order chi connectivity index (χ1) is 13.4. The van der Waals surface area contributed by atoms with E-state index in [2.05, 4.69) is 40.4 Å². The zero-order valence-electron chi connectivity index (χ0n) is 19.3. The van der Waals surface area contributed by atoms with Crippen molar-refractivity contribution in [2.24, 2.45) is 0 Å². The Morgan fingerprint density at radius 2 is 1.76 bits per heavy atom. The highest BCUT2D eigenvalue weighted by atomic mass is 28.4. The molecular formula is C23H38O5Si. The van der Waals surface area contributed by atoms with Gasteiger partial charge in [-0.05, 0) is 55.8 Å². The number of carbonyl (C=O) groups excluding carboxylic acids is 1. The number of esters is 1. The van der Waals surface area contributed by atoms with E-state index >= 15 is 0 Å². The summed E-state index contributed by atoms with van der Waals surface area (Å²) in [6.45, 7) is 18.9. The van der Waals surface area contributed by atoms with E-state index < -0.39 is 14.4 Å². The van der Waals surface area contributed by atoms with Crippen molar-refractivity contribution in [1.29, 1.82) is 0 Å². The largest absolute Gasteiger partial charge is 0.497 e. The lowest BCUT2D eigenvalue weighted by atomic mass is 10.2. The number of benzene rings is 1. The van der Waals surface area contributed by atoms with Crippen LogP contribution in [0, 0.1) is 0 Å². The molecule has 0 fully saturated rings. The van der Waals surface area contributed by atoms with Crippen molar-refractivity contribution in [2.75, 3.05) is 7.11 Å². The number of hydrogen-bond acceptors (Lipinski definition) is 5. The molecule has 164 valence electrons. The molecule has 1 aromatic rings. The van der Waals surface area contributed by atoms with Gasteiger partial charge in [0.1, 0.15) is 11.9 Å². The smallest absolute Gasteiger partial charge is 0.309 e.